The van der Waals surface area contributed by atoms with Crippen molar-refractivity contribution in [3.8, 4) is 5.75 Å². The lowest BCUT2D eigenvalue weighted by Crippen LogP contribution is -2.37. The standard InChI is InChI=1S/C16H23NO4/c1-11(10-18)14(17-15(19)21-16(2,3)4)12-7-6-8-13(9-12)20-5/h6-11,14H,1-5H3,(H,17,19)/t11-,14+/m1/s1. The number of carbonyl (C=O) groups is 2. The lowest BCUT2D eigenvalue weighted by molar-refractivity contribution is -0.111. The Bertz CT molecular complexity index is 493. The molecule has 1 aromatic rings. The van der Waals surface area contributed by atoms with E-state index < -0.39 is 17.7 Å². The summed E-state index contributed by atoms with van der Waals surface area (Å²) in [5, 5.41) is 2.74. The van der Waals surface area contributed by atoms with Gasteiger partial charge in [-0.25, -0.2) is 4.79 Å². The Morgan fingerprint density at radius 3 is 2.52 bits per heavy atom. The molecule has 0 saturated carbocycles. The van der Waals surface area contributed by atoms with Crippen molar-refractivity contribution in [3.05, 3.63) is 29.8 Å². The molecule has 1 rings (SSSR count). The molecule has 0 saturated heterocycles. The lowest BCUT2D eigenvalue weighted by Gasteiger charge is -2.25. The van der Waals surface area contributed by atoms with Crippen LogP contribution in [-0.4, -0.2) is 25.1 Å². The second-order valence-corrected chi connectivity index (χ2v) is 5.90. The van der Waals surface area contributed by atoms with Crippen molar-refractivity contribution >= 4 is 12.4 Å². The van der Waals surface area contributed by atoms with E-state index >= 15 is 0 Å². The van der Waals surface area contributed by atoms with Crippen molar-refractivity contribution in [2.75, 3.05) is 7.11 Å². The van der Waals surface area contributed by atoms with Crippen LogP contribution >= 0.6 is 0 Å². The molecule has 1 N–H and O–H groups in total. The summed E-state index contributed by atoms with van der Waals surface area (Å²) in [6.45, 7) is 7.11. The van der Waals surface area contributed by atoms with Gasteiger partial charge in [-0.05, 0) is 38.5 Å². The second-order valence-electron chi connectivity index (χ2n) is 5.90. The summed E-state index contributed by atoms with van der Waals surface area (Å²) in [6, 6.07) is 6.79. The molecule has 0 bridgehead atoms. The summed E-state index contributed by atoms with van der Waals surface area (Å²) in [5.74, 6) is 0.284. The first-order chi connectivity index (χ1) is 9.76. The molecule has 5 nitrogen and oxygen atoms in total. The van der Waals surface area contributed by atoms with E-state index in [1.54, 1.807) is 46.9 Å². The second kappa shape index (κ2) is 7.11. The molecule has 5 heteroatoms. The number of benzene rings is 1. The van der Waals surface area contributed by atoms with Gasteiger partial charge < -0.3 is 19.6 Å². The van der Waals surface area contributed by atoms with E-state index in [0.717, 1.165) is 11.8 Å². The summed E-state index contributed by atoms with van der Waals surface area (Å²) < 4.78 is 10.4. The van der Waals surface area contributed by atoms with Crippen molar-refractivity contribution in [2.45, 2.75) is 39.3 Å². The molecule has 0 aliphatic carbocycles. The third-order valence-corrected chi connectivity index (χ3v) is 2.87. The van der Waals surface area contributed by atoms with Crippen LogP contribution in [0.5, 0.6) is 5.75 Å². The molecule has 0 fully saturated rings. The smallest absolute Gasteiger partial charge is 0.408 e. The highest BCUT2D eigenvalue weighted by atomic mass is 16.6. The SMILES string of the molecule is COc1cccc([C@@H](NC(=O)OC(C)(C)C)[C@H](C)C=O)c1. The number of alkyl carbamates (subject to hydrolysis) is 1. The summed E-state index contributed by atoms with van der Waals surface area (Å²) in [6.07, 6.45) is 0.255. The van der Waals surface area contributed by atoms with Gasteiger partial charge in [-0.2, -0.15) is 0 Å². The fourth-order valence-corrected chi connectivity index (χ4v) is 1.87. The van der Waals surface area contributed by atoms with Crippen LogP contribution < -0.4 is 10.1 Å². The van der Waals surface area contributed by atoms with Crippen LogP contribution in [-0.2, 0) is 9.53 Å². The molecular formula is C16H23NO4. The van der Waals surface area contributed by atoms with E-state index in [1.165, 1.54) is 0 Å². The van der Waals surface area contributed by atoms with Gasteiger partial charge in [-0.15, -0.1) is 0 Å². The van der Waals surface area contributed by atoms with Gasteiger partial charge in [-0.3, -0.25) is 0 Å². The van der Waals surface area contributed by atoms with Gasteiger partial charge in [0.05, 0.1) is 13.2 Å². The number of ether oxygens (including phenoxy) is 2. The zero-order valence-electron chi connectivity index (χ0n) is 13.2. The molecule has 21 heavy (non-hydrogen) atoms. The Labute approximate surface area is 125 Å². The zero-order chi connectivity index (χ0) is 16.0. The van der Waals surface area contributed by atoms with E-state index in [9.17, 15) is 9.59 Å². The van der Waals surface area contributed by atoms with Crippen molar-refractivity contribution in [3.63, 3.8) is 0 Å². The maximum Gasteiger partial charge on any atom is 0.408 e. The lowest BCUT2D eigenvalue weighted by atomic mass is 9.95. The number of amides is 1. The van der Waals surface area contributed by atoms with E-state index in [0.29, 0.717) is 5.75 Å². The number of methoxy groups -OCH3 is 1. The van der Waals surface area contributed by atoms with Crippen LogP contribution in [0.25, 0.3) is 0 Å². The minimum Gasteiger partial charge on any atom is -0.497 e. The van der Waals surface area contributed by atoms with E-state index in [2.05, 4.69) is 5.32 Å². The molecule has 0 heterocycles. The summed E-state index contributed by atoms with van der Waals surface area (Å²) in [7, 11) is 1.57. The molecule has 0 spiro atoms. The Kier molecular flexibility index (Phi) is 5.76. The number of aldehydes is 1. The summed E-state index contributed by atoms with van der Waals surface area (Å²) in [4.78, 5) is 23.1. The molecule has 116 valence electrons. The monoisotopic (exact) mass is 293 g/mol. The topological polar surface area (TPSA) is 64.6 Å². The molecule has 0 radical (unpaired) electrons. The van der Waals surface area contributed by atoms with Gasteiger partial charge in [-0.1, -0.05) is 19.1 Å². The molecule has 1 aromatic carbocycles. The first-order valence-corrected chi connectivity index (χ1v) is 6.85. The van der Waals surface area contributed by atoms with Gasteiger partial charge in [0.1, 0.15) is 17.6 Å². The molecule has 0 aromatic heterocycles. The third-order valence-electron chi connectivity index (χ3n) is 2.87. The van der Waals surface area contributed by atoms with Crippen LogP contribution in [0.3, 0.4) is 0 Å². The van der Waals surface area contributed by atoms with Crippen LogP contribution in [0.4, 0.5) is 4.79 Å². The van der Waals surface area contributed by atoms with E-state index in [1.807, 2.05) is 12.1 Å². The summed E-state index contributed by atoms with van der Waals surface area (Å²) >= 11 is 0. The van der Waals surface area contributed by atoms with Crippen molar-refractivity contribution in [1.82, 2.24) is 5.32 Å². The highest BCUT2D eigenvalue weighted by Gasteiger charge is 2.24. The van der Waals surface area contributed by atoms with Crippen LogP contribution in [0, 0.1) is 5.92 Å². The quantitative estimate of drug-likeness (QED) is 0.847. The van der Waals surface area contributed by atoms with Crippen molar-refractivity contribution < 1.29 is 19.1 Å². The Hall–Kier alpha value is -2.04. The van der Waals surface area contributed by atoms with E-state index in [4.69, 9.17) is 9.47 Å². The molecule has 0 aliphatic heterocycles. The summed E-state index contributed by atoms with van der Waals surface area (Å²) in [5.41, 5.74) is 0.202. The Morgan fingerprint density at radius 2 is 2.00 bits per heavy atom. The van der Waals surface area contributed by atoms with E-state index in [-0.39, 0.29) is 5.92 Å². The fourth-order valence-electron chi connectivity index (χ4n) is 1.87. The molecule has 0 aliphatic rings. The zero-order valence-corrected chi connectivity index (χ0v) is 13.2. The Balaban J connectivity index is 2.95. The van der Waals surface area contributed by atoms with Crippen LogP contribution in [0.2, 0.25) is 0 Å². The largest absolute Gasteiger partial charge is 0.497 e. The number of rotatable bonds is 5. The first-order valence-electron chi connectivity index (χ1n) is 6.85. The number of nitrogens with one attached hydrogen (secondary N) is 1. The van der Waals surface area contributed by atoms with Gasteiger partial charge in [0.15, 0.2) is 0 Å². The average molecular weight is 293 g/mol. The fraction of sp³-hybridized carbons (Fsp3) is 0.500. The number of hydrogen-bond donors (Lipinski definition) is 1. The predicted molar refractivity (Wildman–Crippen MR) is 80.3 cm³/mol. The first kappa shape index (κ1) is 17.0. The highest BCUT2D eigenvalue weighted by molar-refractivity contribution is 5.69. The molecule has 2 atom stereocenters. The average Bonchev–Trinajstić information content (AvgIpc) is 2.42. The molecule has 1 amide bonds. The maximum atomic E-state index is 11.9. The minimum atomic E-state index is -0.590. The van der Waals surface area contributed by atoms with Crippen LogP contribution in [0.1, 0.15) is 39.3 Å². The molecular weight excluding hydrogens is 270 g/mol. The third kappa shape index (κ3) is 5.45. The highest BCUT2D eigenvalue weighted by Crippen LogP contribution is 2.25. The maximum absolute atomic E-state index is 11.9. The molecule has 0 unspecified atom stereocenters. The van der Waals surface area contributed by atoms with Gasteiger partial charge in [0, 0.05) is 5.92 Å². The van der Waals surface area contributed by atoms with Gasteiger partial charge in [0.25, 0.3) is 0 Å². The Morgan fingerprint density at radius 1 is 1.33 bits per heavy atom. The van der Waals surface area contributed by atoms with Crippen LogP contribution in [0.15, 0.2) is 24.3 Å². The van der Waals surface area contributed by atoms with Crippen molar-refractivity contribution in [2.24, 2.45) is 5.92 Å². The van der Waals surface area contributed by atoms with Gasteiger partial charge >= 0.3 is 6.09 Å². The van der Waals surface area contributed by atoms with Gasteiger partial charge in [0.2, 0.25) is 0 Å². The normalized spacial score (nSPS) is 14.0. The number of carbonyl (C=O) groups excluding carboxylic acids is 2. The minimum absolute atomic E-state index is 0.385. The van der Waals surface area contributed by atoms with Crippen molar-refractivity contribution in [1.29, 1.82) is 0 Å². The number of hydrogen-bond acceptors (Lipinski definition) is 4. The predicted octanol–water partition coefficient (Wildman–Crippen LogP) is 3.10.